The minimum absolute atomic E-state index is 0.0550. The molecule has 0 unspecified atom stereocenters. The fourth-order valence-corrected chi connectivity index (χ4v) is 2.49. The van der Waals surface area contributed by atoms with Crippen LogP contribution in [0.4, 0.5) is 4.39 Å². The van der Waals surface area contributed by atoms with Gasteiger partial charge in [-0.05, 0) is 45.0 Å². The van der Waals surface area contributed by atoms with Crippen LogP contribution in [0.2, 0.25) is 0 Å². The smallest absolute Gasteiger partial charge is 0.230 e. The summed E-state index contributed by atoms with van der Waals surface area (Å²) in [5.41, 5.74) is 1.23. The van der Waals surface area contributed by atoms with Gasteiger partial charge in [0.2, 0.25) is 5.88 Å². The molecule has 0 aliphatic carbocycles. The quantitative estimate of drug-likeness (QED) is 0.351. The molecule has 0 radical (unpaired) electrons. The largest absolute Gasteiger partial charge is 0.438 e. The first-order valence-electron chi connectivity index (χ1n) is 8.35. The van der Waals surface area contributed by atoms with Crippen molar-refractivity contribution in [2.75, 3.05) is 20.3 Å². The topological polar surface area (TPSA) is 67.2 Å². The van der Waals surface area contributed by atoms with Crippen molar-refractivity contribution >= 4 is 5.84 Å². The number of ether oxygens (including phenoxy) is 2. The lowest BCUT2D eigenvalue weighted by molar-refractivity contribution is 0.164. The Morgan fingerprint density at radius 3 is 2.69 bits per heavy atom. The van der Waals surface area contributed by atoms with E-state index >= 15 is 0 Å². The molecule has 0 saturated heterocycles. The Morgan fingerprint density at radius 1 is 1.31 bits per heavy atom. The first-order valence-corrected chi connectivity index (χ1v) is 8.35. The lowest BCUT2D eigenvalue weighted by atomic mass is 10.1. The third kappa shape index (κ3) is 4.92. The molecule has 0 saturated carbocycles. The highest BCUT2D eigenvalue weighted by Gasteiger charge is 2.22. The van der Waals surface area contributed by atoms with Crippen molar-refractivity contribution in [1.29, 1.82) is 0 Å². The fraction of sp³-hybridized carbons (Fsp3) is 0.368. The van der Waals surface area contributed by atoms with Crippen molar-refractivity contribution in [3.8, 4) is 11.6 Å². The fourth-order valence-electron chi connectivity index (χ4n) is 2.49. The molecule has 0 atom stereocenters. The molecule has 140 valence electrons. The maximum absolute atomic E-state index is 13.5. The molecule has 0 spiro atoms. The van der Waals surface area contributed by atoms with Crippen molar-refractivity contribution in [3.63, 3.8) is 0 Å². The number of aryl methyl sites for hydroxylation is 1. The third-order valence-electron chi connectivity index (χ3n) is 3.78. The normalized spacial score (nSPS) is 11.7. The number of amidine groups is 1. The van der Waals surface area contributed by atoms with Crippen LogP contribution in [0.25, 0.3) is 0 Å². The van der Waals surface area contributed by atoms with Gasteiger partial charge in [-0.25, -0.2) is 9.37 Å². The zero-order valence-electron chi connectivity index (χ0n) is 15.4. The monoisotopic (exact) mass is 361 g/mol. The van der Waals surface area contributed by atoms with Gasteiger partial charge in [-0.15, -0.1) is 0 Å². The SMILES string of the molecule is COCCN(/C(=N\O)c1ccc(C)nc1Oc1cccc(F)c1)C(C)C. The maximum atomic E-state index is 13.5. The molecule has 0 aliphatic rings. The average molecular weight is 361 g/mol. The summed E-state index contributed by atoms with van der Waals surface area (Å²) in [5.74, 6) is 0.466. The van der Waals surface area contributed by atoms with Gasteiger partial charge >= 0.3 is 0 Å². The zero-order valence-corrected chi connectivity index (χ0v) is 15.4. The highest BCUT2D eigenvalue weighted by Crippen LogP contribution is 2.26. The standard InChI is InChI=1S/C19H24FN3O3/c1-13(2)23(10-11-25-4)18(22-24)17-9-8-14(3)21-19(17)26-16-7-5-6-15(20)12-16/h5-9,12-13,24H,10-11H2,1-4H3/b22-18-. The van der Waals surface area contributed by atoms with Crippen molar-refractivity contribution in [1.82, 2.24) is 9.88 Å². The number of hydrogen-bond donors (Lipinski definition) is 1. The number of methoxy groups -OCH3 is 1. The number of nitrogens with zero attached hydrogens (tertiary/aromatic N) is 3. The summed E-state index contributed by atoms with van der Waals surface area (Å²) in [4.78, 5) is 6.28. The summed E-state index contributed by atoms with van der Waals surface area (Å²) in [5, 5.41) is 13.1. The van der Waals surface area contributed by atoms with Crippen LogP contribution in [0.1, 0.15) is 25.1 Å². The minimum Gasteiger partial charge on any atom is -0.438 e. The lowest BCUT2D eigenvalue weighted by Crippen LogP contribution is -2.40. The van der Waals surface area contributed by atoms with E-state index < -0.39 is 5.82 Å². The lowest BCUT2D eigenvalue weighted by Gasteiger charge is -2.29. The van der Waals surface area contributed by atoms with Crippen molar-refractivity contribution < 1.29 is 19.1 Å². The number of pyridine rings is 1. The molecule has 0 amide bonds. The third-order valence-corrected chi connectivity index (χ3v) is 3.78. The predicted molar refractivity (Wildman–Crippen MR) is 97.5 cm³/mol. The summed E-state index contributed by atoms with van der Waals surface area (Å²) in [6.45, 7) is 6.78. The van der Waals surface area contributed by atoms with E-state index in [9.17, 15) is 9.60 Å². The number of hydrogen-bond acceptors (Lipinski definition) is 5. The number of halogens is 1. The zero-order chi connectivity index (χ0) is 19.1. The first kappa shape index (κ1) is 19.7. The summed E-state index contributed by atoms with van der Waals surface area (Å²) in [6, 6.07) is 9.43. The van der Waals surface area contributed by atoms with Crippen LogP contribution < -0.4 is 4.74 Å². The van der Waals surface area contributed by atoms with Gasteiger partial charge in [0.05, 0.1) is 12.2 Å². The molecular formula is C19H24FN3O3. The number of benzene rings is 1. The van der Waals surface area contributed by atoms with Crippen LogP contribution in [-0.4, -0.2) is 47.2 Å². The van der Waals surface area contributed by atoms with Gasteiger partial charge in [-0.2, -0.15) is 0 Å². The molecule has 1 heterocycles. The maximum Gasteiger partial charge on any atom is 0.230 e. The average Bonchev–Trinajstić information content (AvgIpc) is 2.59. The minimum atomic E-state index is -0.406. The van der Waals surface area contributed by atoms with E-state index in [4.69, 9.17) is 9.47 Å². The van der Waals surface area contributed by atoms with Crippen LogP contribution in [-0.2, 0) is 4.74 Å². The molecule has 1 aromatic carbocycles. The number of oxime groups is 1. The van der Waals surface area contributed by atoms with Gasteiger partial charge in [0.1, 0.15) is 11.6 Å². The number of rotatable bonds is 7. The molecule has 0 aliphatic heterocycles. The van der Waals surface area contributed by atoms with Gasteiger partial charge in [0, 0.05) is 31.5 Å². The first-order chi connectivity index (χ1) is 12.5. The van der Waals surface area contributed by atoms with Crippen LogP contribution in [0, 0.1) is 12.7 Å². The highest BCUT2D eigenvalue weighted by molar-refractivity contribution is 6.00. The molecular weight excluding hydrogens is 337 g/mol. The second-order valence-corrected chi connectivity index (χ2v) is 6.07. The highest BCUT2D eigenvalue weighted by atomic mass is 19.1. The molecule has 2 aromatic rings. The van der Waals surface area contributed by atoms with E-state index in [2.05, 4.69) is 10.1 Å². The van der Waals surface area contributed by atoms with Crippen LogP contribution >= 0.6 is 0 Å². The molecule has 6 nitrogen and oxygen atoms in total. The Labute approximate surface area is 152 Å². The van der Waals surface area contributed by atoms with E-state index in [0.29, 0.717) is 30.3 Å². The Kier molecular flexibility index (Phi) is 6.91. The van der Waals surface area contributed by atoms with Gasteiger partial charge in [0.15, 0.2) is 5.84 Å². The van der Waals surface area contributed by atoms with E-state index in [1.165, 1.54) is 12.1 Å². The van der Waals surface area contributed by atoms with Gasteiger partial charge in [-0.1, -0.05) is 11.2 Å². The van der Waals surface area contributed by atoms with Crippen molar-refractivity contribution in [3.05, 3.63) is 53.5 Å². The Morgan fingerprint density at radius 2 is 2.08 bits per heavy atom. The summed E-state index contributed by atoms with van der Waals surface area (Å²) in [7, 11) is 1.61. The van der Waals surface area contributed by atoms with Crippen LogP contribution in [0.3, 0.4) is 0 Å². The van der Waals surface area contributed by atoms with Gasteiger partial charge < -0.3 is 19.6 Å². The number of aromatic nitrogens is 1. The van der Waals surface area contributed by atoms with Gasteiger partial charge in [-0.3, -0.25) is 0 Å². The Hall–Kier alpha value is -2.67. The van der Waals surface area contributed by atoms with E-state index in [1.54, 1.807) is 31.4 Å². The second-order valence-electron chi connectivity index (χ2n) is 6.07. The molecule has 26 heavy (non-hydrogen) atoms. The Bertz CT molecular complexity index is 765. The van der Waals surface area contributed by atoms with E-state index in [-0.39, 0.29) is 11.9 Å². The predicted octanol–water partition coefficient (Wildman–Crippen LogP) is 3.81. The molecule has 1 N–H and O–H groups in total. The van der Waals surface area contributed by atoms with Crippen molar-refractivity contribution in [2.45, 2.75) is 26.8 Å². The molecule has 2 rings (SSSR count). The van der Waals surface area contributed by atoms with Crippen LogP contribution in [0.5, 0.6) is 11.6 Å². The van der Waals surface area contributed by atoms with Crippen molar-refractivity contribution in [2.24, 2.45) is 5.16 Å². The molecule has 0 bridgehead atoms. The second kappa shape index (κ2) is 9.15. The Balaban J connectivity index is 2.43. The summed E-state index contributed by atoms with van der Waals surface area (Å²) < 4.78 is 24.4. The van der Waals surface area contributed by atoms with E-state index in [1.807, 2.05) is 25.7 Å². The molecule has 7 heteroatoms. The molecule has 1 aromatic heterocycles. The summed E-state index contributed by atoms with van der Waals surface area (Å²) in [6.07, 6.45) is 0. The summed E-state index contributed by atoms with van der Waals surface area (Å²) >= 11 is 0. The van der Waals surface area contributed by atoms with Gasteiger partial charge in [0.25, 0.3) is 0 Å². The van der Waals surface area contributed by atoms with E-state index in [0.717, 1.165) is 5.69 Å². The molecule has 0 fully saturated rings. The van der Waals surface area contributed by atoms with Crippen LogP contribution in [0.15, 0.2) is 41.6 Å².